The number of hydrogen-bond donors (Lipinski definition) is 1. The summed E-state index contributed by atoms with van der Waals surface area (Å²) in [7, 11) is 6.06. The Bertz CT molecular complexity index is 528. The second kappa shape index (κ2) is 3.46. The van der Waals surface area contributed by atoms with Crippen molar-refractivity contribution in [2.24, 2.45) is 7.05 Å². The lowest BCUT2D eigenvalue weighted by molar-refractivity contribution is -0.775. The van der Waals surface area contributed by atoms with Gasteiger partial charge in [0.15, 0.2) is 0 Å². The minimum Gasteiger partial charge on any atom is -0.434 e. The normalized spacial score (nSPS) is 18.8. The molecule has 1 aliphatic heterocycles. The summed E-state index contributed by atoms with van der Waals surface area (Å²) < 4.78 is 1.85. The van der Waals surface area contributed by atoms with Crippen molar-refractivity contribution in [3.05, 3.63) is 43.1 Å². The molecule has 0 aliphatic carbocycles. The van der Waals surface area contributed by atoms with E-state index in [1.807, 2.05) is 17.9 Å². The molecular weight excluding hydrogens is 198 g/mol. The van der Waals surface area contributed by atoms with Gasteiger partial charge < -0.3 is 4.90 Å². The van der Waals surface area contributed by atoms with Crippen LogP contribution in [-0.4, -0.2) is 16.3 Å². The molecule has 0 saturated carbocycles. The highest BCUT2D eigenvalue weighted by molar-refractivity contribution is 5.69. The van der Waals surface area contributed by atoms with Gasteiger partial charge in [-0.15, -0.1) is 7.05 Å². The largest absolute Gasteiger partial charge is 0.434 e. The minimum absolute atomic E-state index is 1.06. The quantitative estimate of drug-likeness (QED) is 0.700. The molecule has 1 aliphatic rings. The van der Waals surface area contributed by atoms with Gasteiger partial charge in [0.2, 0.25) is 0 Å². The van der Waals surface area contributed by atoms with Gasteiger partial charge in [-0.3, -0.25) is 4.68 Å². The second-order valence-corrected chi connectivity index (χ2v) is 4.31. The van der Waals surface area contributed by atoms with Crippen molar-refractivity contribution >= 4 is 5.69 Å². The van der Waals surface area contributed by atoms with Gasteiger partial charge >= 0.3 is 0 Å². The molecule has 2 aromatic rings. The Morgan fingerprint density at radius 2 is 2.25 bits per heavy atom. The van der Waals surface area contributed by atoms with Crippen LogP contribution in [0.5, 0.6) is 0 Å². The summed E-state index contributed by atoms with van der Waals surface area (Å²) in [4.78, 5) is 1.26. The van der Waals surface area contributed by atoms with Crippen LogP contribution >= 0.6 is 0 Å². The van der Waals surface area contributed by atoms with Crippen molar-refractivity contribution in [2.45, 2.75) is 6.42 Å². The zero-order valence-electron chi connectivity index (χ0n) is 9.40. The van der Waals surface area contributed by atoms with Crippen LogP contribution in [0.15, 0.2) is 30.5 Å². The molecule has 3 nitrogen and oxygen atoms in total. The monoisotopic (exact) mass is 213 g/mol. The second-order valence-electron chi connectivity index (χ2n) is 4.31. The number of nitrogens with one attached hydrogen (secondary N) is 1. The summed E-state index contributed by atoms with van der Waals surface area (Å²) in [6.45, 7) is 1.08. The predicted molar refractivity (Wildman–Crippen MR) is 63.2 cm³/mol. The van der Waals surface area contributed by atoms with Gasteiger partial charge in [0.25, 0.3) is 0 Å². The van der Waals surface area contributed by atoms with E-state index in [9.17, 15) is 0 Å². The molecule has 1 aromatic heterocycles. The number of benzene rings is 1. The molecule has 1 N–H and O–H groups in total. The molecule has 0 amide bonds. The van der Waals surface area contributed by atoms with Crippen LogP contribution in [0, 0.1) is 7.05 Å². The van der Waals surface area contributed by atoms with Gasteiger partial charge in [-0.05, 0) is 12.1 Å². The summed E-state index contributed by atoms with van der Waals surface area (Å²) >= 11 is 0. The van der Waals surface area contributed by atoms with E-state index >= 15 is 0 Å². The first kappa shape index (κ1) is 9.60. The van der Waals surface area contributed by atoms with Crippen LogP contribution in [0.25, 0.3) is 11.3 Å². The number of rotatable bonds is 1. The molecule has 0 spiro atoms. The van der Waals surface area contributed by atoms with Crippen molar-refractivity contribution in [2.75, 3.05) is 6.54 Å². The van der Waals surface area contributed by atoms with Crippen molar-refractivity contribution in [1.29, 1.82) is 0 Å². The van der Waals surface area contributed by atoms with Crippen molar-refractivity contribution in [3.8, 4) is 11.3 Å². The lowest BCUT2D eigenvalue weighted by Crippen LogP contribution is -3.00. The van der Waals surface area contributed by atoms with Gasteiger partial charge in [-0.25, -0.2) is 0 Å². The Labute approximate surface area is 95.3 Å². The first-order chi connectivity index (χ1) is 7.75. The highest BCUT2D eigenvalue weighted by atomic mass is 15.2. The highest BCUT2D eigenvalue weighted by Gasteiger charge is 2.21. The molecular formula is C13H15N3. The van der Waals surface area contributed by atoms with Crippen LogP contribution in [0.2, 0.25) is 0 Å². The van der Waals surface area contributed by atoms with Gasteiger partial charge in [0, 0.05) is 30.8 Å². The van der Waals surface area contributed by atoms with Crippen molar-refractivity contribution < 1.29 is 4.90 Å². The van der Waals surface area contributed by atoms with Crippen LogP contribution in [-0.2, 0) is 13.5 Å². The molecule has 0 saturated heterocycles. The Kier molecular flexibility index (Phi) is 2.07. The third-order valence-electron chi connectivity index (χ3n) is 3.22. The maximum absolute atomic E-state index is 4.47. The smallest absolute Gasteiger partial charge is 0.109 e. The van der Waals surface area contributed by atoms with Crippen LogP contribution in [0.4, 0.5) is 5.69 Å². The van der Waals surface area contributed by atoms with E-state index < -0.39 is 0 Å². The predicted octanol–water partition coefficient (Wildman–Crippen LogP) is 0.951. The summed E-state index contributed by atoms with van der Waals surface area (Å²) in [5.41, 5.74) is 5.06. The molecule has 1 aromatic carbocycles. The van der Waals surface area contributed by atoms with E-state index in [1.54, 1.807) is 0 Å². The lowest BCUT2D eigenvalue weighted by atomic mass is 10.0. The summed E-state index contributed by atoms with van der Waals surface area (Å²) in [6, 6.07) is 8.48. The Hall–Kier alpha value is -1.61. The zero-order chi connectivity index (χ0) is 11.1. The molecule has 16 heavy (non-hydrogen) atoms. The fourth-order valence-corrected chi connectivity index (χ4v) is 2.40. The number of aromatic nitrogens is 2. The van der Waals surface area contributed by atoms with E-state index in [0.29, 0.717) is 0 Å². The number of quaternary nitrogens is 1. The maximum Gasteiger partial charge on any atom is 0.109 e. The Morgan fingerprint density at radius 1 is 1.38 bits per heavy atom. The fraction of sp³-hybridized carbons (Fsp3) is 0.231. The molecule has 1 atom stereocenters. The molecule has 0 fully saturated rings. The van der Waals surface area contributed by atoms with E-state index in [0.717, 1.165) is 18.7 Å². The zero-order valence-corrected chi connectivity index (χ0v) is 9.40. The van der Waals surface area contributed by atoms with E-state index in [2.05, 4.69) is 36.4 Å². The van der Waals surface area contributed by atoms with E-state index in [-0.39, 0.29) is 0 Å². The summed E-state index contributed by atoms with van der Waals surface area (Å²) in [5, 5.41) is 4.47. The Morgan fingerprint density at radius 3 is 3.00 bits per heavy atom. The topological polar surface area (TPSA) is 22.3 Å². The standard InChI is InChI=1S/C13H15N3/c1-15-8-6-11-10(4-3-5-13(11)15)12-7-9-16(2)14-12/h3-5,7,9,15H,1,6,8H2,2H3. The number of aryl methyl sites for hydroxylation is 1. The molecule has 0 radical (unpaired) electrons. The first-order valence-electron chi connectivity index (χ1n) is 5.56. The SMILES string of the molecule is [CH2-][NH+]1CCc2c(-c3ccn(C)n3)cccc21. The molecule has 3 rings (SSSR count). The van der Waals surface area contributed by atoms with Crippen LogP contribution in [0.1, 0.15) is 5.56 Å². The average Bonchev–Trinajstić information content (AvgIpc) is 2.86. The van der Waals surface area contributed by atoms with Gasteiger partial charge in [-0.2, -0.15) is 5.10 Å². The molecule has 0 bridgehead atoms. The van der Waals surface area contributed by atoms with Crippen LogP contribution in [0.3, 0.4) is 0 Å². The van der Waals surface area contributed by atoms with Crippen LogP contribution < -0.4 is 4.90 Å². The maximum atomic E-state index is 4.47. The first-order valence-corrected chi connectivity index (χ1v) is 5.56. The van der Waals surface area contributed by atoms with Gasteiger partial charge in [-0.1, -0.05) is 12.1 Å². The fourth-order valence-electron chi connectivity index (χ4n) is 2.40. The van der Waals surface area contributed by atoms with E-state index in [4.69, 9.17) is 0 Å². The Balaban J connectivity index is 2.16. The number of fused-ring (bicyclic) bond motifs is 1. The number of nitrogens with zero attached hydrogens (tertiary/aromatic N) is 2. The average molecular weight is 213 g/mol. The van der Waals surface area contributed by atoms with Gasteiger partial charge in [0.05, 0.1) is 12.2 Å². The minimum atomic E-state index is 1.06. The van der Waals surface area contributed by atoms with Gasteiger partial charge in [0.1, 0.15) is 5.69 Å². The van der Waals surface area contributed by atoms with E-state index in [1.165, 1.54) is 21.7 Å². The highest BCUT2D eigenvalue weighted by Crippen LogP contribution is 2.28. The molecule has 1 unspecified atom stereocenters. The number of hydrogen-bond acceptors (Lipinski definition) is 1. The summed E-state index contributed by atoms with van der Waals surface area (Å²) in [6.07, 6.45) is 3.08. The third kappa shape index (κ3) is 1.36. The third-order valence-corrected chi connectivity index (χ3v) is 3.22. The van der Waals surface area contributed by atoms with Crippen molar-refractivity contribution in [3.63, 3.8) is 0 Å². The lowest BCUT2D eigenvalue weighted by Gasteiger charge is -2.13. The molecule has 3 heteroatoms. The molecule has 2 heterocycles. The molecule has 82 valence electrons. The van der Waals surface area contributed by atoms with Crippen molar-refractivity contribution in [1.82, 2.24) is 9.78 Å². The summed E-state index contributed by atoms with van der Waals surface area (Å²) in [5.74, 6) is 0.